The van der Waals surface area contributed by atoms with Crippen molar-refractivity contribution in [2.45, 2.75) is 12.8 Å². The predicted molar refractivity (Wildman–Crippen MR) is 76.0 cm³/mol. The van der Waals surface area contributed by atoms with E-state index in [9.17, 15) is 9.90 Å². The molecule has 0 aromatic heterocycles. The minimum absolute atomic E-state index is 0.0555. The summed E-state index contributed by atoms with van der Waals surface area (Å²) in [5, 5.41) is 9.23. The maximum atomic E-state index is 12.5. The Bertz CT molecular complexity index is 480. The molecule has 0 heterocycles. The van der Waals surface area contributed by atoms with Gasteiger partial charge in [0.15, 0.2) is 0 Å². The molecule has 0 spiro atoms. The highest BCUT2D eigenvalue weighted by Gasteiger charge is 2.26. The predicted octanol–water partition coefficient (Wildman–Crippen LogP) is 3.02. The molecule has 2 nitrogen and oxygen atoms in total. The molecule has 0 amide bonds. The fourth-order valence-corrected chi connectivity index (χ4v) is 2.19. The highest BCUT2D eigenvalue weighted by atomic mass is 16.3. The molecule has 0 saturated heterocycles. The van der Waals surface area contributed by atoms with E-state index in [1.165, 1.54) is 0 Å². The van der Waals surface area contributed by atoms with Crippen LogP contribution in [0.3, 0.4) is 0 Å². The first-order chi connectivity index (χ1) is 9.24. The first-order valence-electron chi connectivity index (χ1n) is 6.48. The Morgan fingerprint density at radius 1 is 0.947 bits per heavy atom. The number of benzene rings is 2. The summed E-state index contributed by atoms with van der Waals surface area (Å²) in [5.74, 6) is -0.602. The molecular weight excluding hydrogens is 236 g/mol. The van der Waals surface area contributed by atoms with E-state index in [4.69, 9.17) is 0 Å². The molecule has 0 fully saturated rings. The van der Waals surface area contributed by atoms with Crippen LogP contribution in [0.1, 0.15) is 24.0 Å². The Hall–Kier alpha value is -1.93. The van der Waals surface area contributed by atoms with Crippen molar-refractivity contribution in [3.63, 3.8) is 0 Å². The van der Waals surface area contributed by atoms with Gasteiger partial charge in [0.05, 0.1) is 12.5 Å². The fourth-order valence-electron chi connectivity index (χ4n) is 2.19. The molecule has 0 aliphatic carbocycles. The zero-order valence-electron chi connectivity index (χ0n) is 11.0. The van der Waals surface area contributed by atoms with Crippen LogP contribution >= 0.6 is 0 Å². The van der Waals surface area contributed by atoms with Crippen LogP contribution in [0.2, 0.25) is 0 Å². The number of rotatable bonds is 5. The van der Waals surface area contributed by atoms with Crippen molar-refractivity contribution in [2.24, 2.45) is 5.92 Å². The zero-order chi connectivity index (χ0) is 13.7. The van der Waals surface area contributed by atoms with Crippen LogP contribution < -0.4 is 0 Å². The maximum Gasteiger partial charge on any atom is 0.149 e. The zero-order valence-corrected chi connectivity index (χ0v) is 11.0. The van der Waals surface area contributed by atoms with Crippen molar-refractivity contribution >= 4 is 5.78 Å². The minimum Gasteiger partial charge on any atom is -0.396 e. The molecule has 1 N–H and O–H groups in total. The van der Waals surface area contributed by atoms with Crippen LogP contribution in [-0.2, 0) is 4.79 Å². The number of Topliss-reactive ketones (excluding diaryl/α,β-unsaturated/α-hetero) is 1. The van der Waals surface area contributed by atoms with Gasteiger partial charge in [-0.3, -0.25) is 4.79 Å². The van der Waals surface area contributed by atoms with Gasteiger partial charge in [-0.1, -0.05) is 67.6 Å². The normalized spacial score (nSPS) is 12.4. The van der Waals surface area contributed by atoms with Gasteiger partial charge >= 0.3 is 0 Å². The Labute approximate surface area is 113 Å². The van der Waals surface area contributed by atoms with Gasteiger partial charge < -0.3 is 5.11 Å². The minimum atomic E-state index is -0.356. The summed E-state index contributed by atoms with van der Waals surface area (Å²) in [5.41, 5.74) is 1.94. The summed E-state index contributed by atoms with van der Waals surface area (Å²) in [6.07, 6.45) is 0. The van der Waals surface area contributed by atoms with Crippen LogP contribution in [0.5, 0.6) is 0 Å². The molecule has 0 unspecified atom stereocenters. The summed E-state index contributed by atoms with van der Waals surface area (Å²) in [6, 6.07) is 19.4. The number of aliphatic hydroxyl groups is 1. The van der Waals surface area contributed by atoms with Crippen LogP contribution in [0.15, 0.2) is 60.7 Å². The smallest absolute Gasteiger partial charge is 0.149 e. The van der Waals surface area contributed by atoms with Crippen LogP contribution in [0, 0.1) is 5.92 Å². The molecule has 19 heavy (non-hydrogen) atoms. The first kappa shape index (κ1) is 13.5. The van der Waals surface area contributed by atoms with Crippen molar-refractivity contribution in [1.82, 2.24) is 0 Å². The van der Waals surface area contributed by atoms with Crippen molar-refractivity contribution in [1.29, 1.82) is 0 Å². The summed E-state index contributed by atoms with van der Waals surface area (Å²) in [4.78, 5) is 12.5. The Kier molecular flexibility index (Phi) is 4.48. The van der Waals surface area contributed by atoms with E-state index in [0.717, 1.165) is 11.1 Å². The molecule has 0 aliphatic rings. The number of carbonyl (C=O) groups excluding carboxylic acids is 1. The van der Waals surface area contributed by atoms with Gasteiger partial charge in [0.25, 0.3) is 0 Å². The van der Waals surface area contributed by atoms with Gasteiger partial charge in [0.2, 0.25) is 0 Å². The summed E-state index contributed by atoms with van der Waals surface area (Å²) in [6.45, 7) is 1.65. The second-order valence-electron chi connectivity index (χ2n) is 4.74. The molecule has 0 aliphatic heterocycles. The Balaban J connectivity index is 2.43. The second kappa shape index (κ2) is 6.30. The van der Waals surface area contributed by atoms with E-state index in [0.29, 0.717) is 0 Å². The van der Waals surface area contributed by atoms with E-state index in [2.05, 4.69) is 0 Å². The van der Waals surface area contributed by atoms with Gasteiger partial charge in [-0.25, -0.2) is 0 Å². The van der Waals surface area contributed by atoms with E-state index < -0.39 is 0 Å². The lowest BCUT2D eigenvalue weighted by Crippen LogP contribution is -2.23. The summed E-state index contributed by atoms with van der Waals surface area (Å²) < 4.78 is 0. The third-order valence-electron chi connectivity index (χ3n) is 3.31. The largest absolute Gasteiger partial charge is 0.396 e. The molecule has 2 aromatic carbocycles. The van der Waals surface area contributed by atoms with Gasteiger partial charge in [-0.15, -0.1) is 0 Å². The molecule has 1 atom stereocenters. The average Bonchev–Trinajstić information content (AvgIpc) is 2.49. The third kappa shape index (κ3) is 3.09. The molecule has 0 saturated carbocycles. The standard InChI is InChI=1S/C17H18O2/c1-13(12-18)17(19)16(14-8-4-2-5-9-14)15-10-6-3-7-11-15/h2-11,13,16,18H,12H2,1H3/t13-/m1/s1. The molecule has 2 heteroatoms. The van der Waals surface area contributed by atoms with Crippen molar-refractivity contribution in [3.05, 3.63) is 71.8 Å². The van der Waals surface area contributed by atoms with Crippen molar-refractivity contribution < 1.29 is 9.90 Å². The Morgan fingerprint density at radius 2 is 1.37 bits per heavy atom. The molecular formula is C17H18O2. The lowest BCUT2D eigenvalue weighted by Gasteiger charge is -2.19. The molecule has 2 rings (SSSR count). The molecule has 0 bridgehead atoms. The van der Waals surface area contributed by atoms with Gasteiger partial charge in [-0.2, -0.15) is 0 Å². The SMILES string of the molecule is C[C@H](CO)C(=O)C(c1ccccc1)c1ccccc1. The lowest BCUT2D eigenvalue weighted by molar-refractivity contribution is -0.124. The molecule has 98 valence electrons. The molecule has 0 radical (unpaired) electrons. The van der Waals surface area contributed by atoms with Crippen LogP contribution in [0.4, 0.5) is 0 Å². The van der Waals surface area contributed by atoms with Gasteiger partial charge in [-0.05, 0) is 11.1 Å². The monoisotopic (exact) mass is 254 g/mol. The third-order valence-corrected chi connectivity index (χ3v) is 3.31. The quantitative estimate of drug-likeness (QED) is 0.890. The van der Waals surface area contributed by atoms with Gasteiger partial charge in [0.1, 0.15) is 5.78 Å². The summed E-state index contributed by atoms with van der Waals surface area (Å²) in [7, 11) is 0. The lowest BCUT2D eigenvalue weighted by atomic mass is 9.83. The van der Waals surface area contributed by atoms with E-state index in [1.54, 1.807) is 6.92 Å². The Morgan fingerprint density at radius 3 is 1.74 bits per heavy atom. The maximum absolute atomic E-state index is 12.5. The van der Waals surface area contributed by atoms with Crippen LogP contribution in [-0.4, -0.2) is 17.5 Å². The number of carbonyl (C=O) groups is 1. The van der Waals surface area contributed by atoms with Crippen molar-refractivity contribution in [2.75, 3.05) is 6.61 Å². The highest BCUT2D eigenvalue weighted by Crippen LogP contribution is 2.28. The highest BCUT2D eigenvalue weighted by molar-refractivity contribution is 5.90. The number of hydrogen-bond acceptors (Lipinski definition) is 2. The van der Waals surface area contributed by atoms with Crippen molar-refractivity contribution in [3.8, 4) is 0 Å². The fraction of sp³-hybridized carbons (Fsp3) is 0.235. The number of aliphatic hydroxyl groups excluding tert-OH is 1. The second-order valence-corrected chi connectivity index (χ2v) is 4.74. The van der Waals surface area contributed by atoms with E-state index in [1.807, 2.05) is 60.7 Å². The molecule has 2 aromatic rings. The number of hydrogen-bond donors (Lipinski definition) is 1. The first-order valence-corrected chi connectivity index (χ1v) is 6.48. The van der Waals surface area contributed by atoms with E-state index in [-0.39, 0.29) is 24.2 Å². The topological polar surface area (TPSA) is 37.3 Å². The van der Waals surface area contributed by atoms with E-state index >= 15 is 0 Å². The average molecular weight is 254 g/mol. The van der Waals surface area contributed by atoms with Gasteiger partial charge in [0, 0.05) is 5.92 Å². The number of ketones is 1. The summed E-state index contributed by atoms with van der Waals surface area (Å²) >= 11 is 0. The van der Waals surface area contributed by atoms with Crippen LogP contribution in [0.25, 0.3) is 0 Å².